The molecule has 1 fully saturated rings. The maximum Gasteiger partial charge on any atom is 0.107 e. The van der Waals surface area contributed by atoms with Crippen LogP contribution in [0.15, 0.2) is 36.4 Å². The largest absolute Gasteiger partial charge is 0.378 e. The number of piperidine rings is 1. The number of hydrogen-bond donors (Lipinski definition) is 0. The topological polar surface area (TPSA) is 54.1 Å². The zero-order valence-corrected chi connectivity index (χ0v) is 18.6. The molecule has 2 aromatic carbocycles. The highest BCUT2D eigenvalue weighted by molar-refractivity contribution is 5.77. The fraction of sp³-hybridized carbons (Fsp3) is 0.462. The molecular formula is C26H30N4O. The van der Waals surface area contributed by atoms with E-state index in [0.717, 1.165) is 55.8 Å². The molecule has 0 bridgehead atoms. The molecule has 0 radical (unpaired) electrons. The molecule has 2 aliphatic rings. The van der Waals surface area contributed by atoms with Gasteiger partial charge in [0, 0.05) is 26.7 Å². The second-order valence-electron chi connectivity index (χ2n) is 9.28. The van der Waals surface area contributed by atoms with Gasteiger partial charge in [-0.05, 0) is 80.0 Å². The number of nitrogens with zero attached hydrogens (tertiary/aromatic N) is 4. The first-order valence-electron chi connectivity index (χ1n) is 11.3. The lowest BCUT2D eigenvalue weighted by Gasteiger charge is -2.40. The second-order valence-corrected chi connectivity index (χ2v) is 9.28. The lowest BCUT2D eigenvalue weighted by Crippen LogP contribution is -2.47. The first kappa shape index (κ1) is 20.2. The van der Waals surface area contributed by atoms with Crippen LogP contribution in [0.5, 0.6) is 0 Å². The molecule has 3 atom stereocenters. The SMILES string of the molecule is CO[C@@H]1CN(CC2Cc3ccc(C#N)cc3C2)CC[C@H]1n1c(C)nc2cc(C)ccc21. The van der Waals surface area contributed by atoms with E-state index in [9.17, 15) is 5.26 Å². The van der Waals surface area contributed by atoms with Crippen molar-refractivity contribution in [3.05, 3.63) is 64.5 Å². The lowest BCUT2D eigenvalue weighted by molar-refractivity contribution is -0.00928. The summed E-state index contributed by atoms with van der Waals surface area (Å²) in [7, 11) is 1.84. The number of aromatic nitrogens is 2. The standard InChI is InChI=1S/C26H30N4O/c1-17-4-7-24-23(10-17)28-18(2)30(24)25-8-9-29(16-26(25)31-3)15-20-12-21-6-5-19(14-27)11-22(21)13-20/h4-7,10-11,20,25-26H,8-9,12-13,15-16H2,1-3H3/t20?,25-,26-/m1/s1. The Balaban J connectivity index is 1.30. The van der Waals surface area contributed by atoms with Gasteiger partial charge < -0.3 is 14.2 Å². The summed E-state index contributed by atoms with van der Waals surface area (Å²) >= 11 is 0. The smallest absolute Gasteiger partial charge is 0.107 e. The third kappa shape index (κ3) is 3.75. The molecule has 0 spiro atoms. The number of imidazole rings is 1. The van der Waals surface area contributed by atoms with E-state index in [1.807, 2.05) is 13.2 Å². The summed E-state index contributed by atoms with van der Waals surface area (Å²) in [6, 6.07) is 15.3. The van der Waals surface area contributed by atoms with Crippen molar-refractivity contribution in [3.8, 4) is 6.07 Å². The van der Waals surface area contributed by atoms with Gasteiger partial charge in [0.2, 0.25) is 0 Å². The van der Waals surface area contributed by atoms with Crippen molar-refractivity contribution in [3.63, 3.8) is 0 Å². The molecule has 1 saturated heterocycles. The summed E-state index contributed by atoms with van der Waals surface area (Å²) < 4.78 is 8.41. The molecule has 5 heteroatoms. The molecular weight excluding hydrogens is 384 g/mol. The molecule has 1 unspecified atom stereocenters. The minimum absolute atomic E-state index is 0.153. The number of ether oxygens (including phenoxy) is 1. The highest BCUT2D eigenvalue weighted by atomic mass is 16.5. The van der Waals surface area contributed by atoms with Crippen molar-refractivity contribution in [2.24, 2.45) is 5.92 Å². The minimum Gasteiger partial charge on any atom is -0.378 e. The molecule has 1 aliphatic heterocycles. The summed E-state index contributed by atoms with van der Waals surface area (Å²) in [5.41, 5.74) is 7.09. The van der Waals surface area contributed by atoms with Crippen molar-refractivity contribution in [1.82, 2.24) is 14.5 Å². The third-order valence-corrected chi connectivity index (χ3v) is 7.13. The monoisotopic (exact) mass is 414 g/mol. The molecule has 160 valence electrons. The van der Waals surface area contributed by atoms with Gasteiger partial charge in [0.05, 0.1) is 34.8 Å². The van der Waals surface area contributed by atoms with Crippen LogP contribution in [0.2, 0.25) is 0 Å². The van der Waals surface area contributed by atoms with Crippen LogP contribution in [0.25, 0.3) is 11.0 Å². The average Bonchev–Trinajstić information content (AvgIpc) is 3.31. The first-order chi connectivity index (χ1) is 15.1. The normalized spacial score (nSPS) is 23.7. The Kier molecular flexibility index (Phi) is 5.29. The van der Waals surface area contributed by atoms with Crippen LogP contribution in [0.4, 0.5) is 0 Å². The van der Waals surface area contributed by atoms with Crippen LogP contribution < -0.4 is 0 Å². The van der Waals surface area contributed by atoms with Crippen LogP contribution in [-0.2, 0) is 17.6 Å². The van der Waals surface area contributed by atoms with Gasteiger partial charge in [0.15, 0.2) is 0 Å². The Morgan fingerprint density at radius 1 is 1.13 bits per heavy atom. The molecule has 0 N–H and O–H groups in total. The molecule has 31 heavy (non-hydrogen) atoms. The van der Waals surface area contributed by atoms with Crippen molar-refractivity contribution in [2.45, 2.75) is 45.3 Å². The number of methoxy groups -OCH3 is 1. The quantitative estimate of drug-likeness (QED) is 0.642. The maximum absolute atomic E-state index is 9.18. The van der Waals surface area contributed by atoms with Crippen molar-refractivity contribution < 1.29 is 4.74 Å². The summed E-state index contributed by atoms with van der Waals surface area (Å²) in [5.74, 6) is 1.69. The summed E-state index contributed by atoms with van der Waals surface area (Å²) in [6.45, 7) is 7.34. The van der Waals surface area contributed by atoms with Crippen LogP contribution >= 0.6 is 0 Å². The first-order valence-corrected chi connectivity index (χ1v) is 11.3. The average molecular weight is 415 g/mol. The number of rotatable bonds is 4. The van der Waals surface area contributed by atoms with Gasteiger partial charge in [-0.1, -0.05) is 12.1 Å². The number of benzene rings is 2. The third-order valence-electron chi connectivity index (χ3n) is 7.13. The van der Waals surface area contributed by atoms with E-state index < -0.39 is 0 Å². The summed E-state index contributed by atoms with van der Waals surface area (Å²) in [5, 5.41) is 9.18. The second kappa shape index (κ2) is 8.11. The molecule has 1 aliphatic carbocycles. The van der Waals surface area contributed by atoms with Gasteiger partial charge in [0.1, 0.15) is 5.82 Å². The molecule has 5 nitrogen and oxygen atoms in total. The molecule has 0 amide bonds. The fourth-order valence-corrected chi connectivity index (χ4v) is 5.68. The number of hydrogen-bond acceptors (Lipinski definition) is 4. The number of likely N-dealkylation sites (tertiary alicyclic amines) is 1. The number of aryl methyl sites for hydroxylation is 2. The van der Waals surface area contributed by atoms with Crippen LogP contribution in [0.1, 0.15) is 40.5 Å². The van der Waals surface area contributed by atoms with Gasteiger partial charge in [-0.15, -0.1) is 0 Å². The van der Waals surface area contributed by atoms with E-state index in [1.54, 1.807) is 0 Å². The highest BCUT2D eigenvalue weighted by Gasteiger charge is 2.34. The predicted molar refractivity (Wildman–Crippen MR) is 122 cm³/mol. The highest BCUT2D eigenvalue weighted by Crippen LogP contribution is 2.33. The molecule has 5 rings (SSSR count). The Hall–Kier alpha value is -2.68. The van der Waals surface area contributed by atoms with Crippen molar-refractivity contribution in [2.75, 3.05) is 26.7 Å². The summed E-state index contributed by atoms with van der Waals surface area (Å²) in [6.07, 6.45) is 3.41. The van der Waals surface area contributed by atoms with E-state index in [2.05, 4.69) is 59.7 Å². The zero-order chi connectivity index (χ0) is 21.5. The van der Waals surface area contributed by atoms with Crippen LogP contribution in [0, 0.1) is 31.1 Å². The maximum atomic E-state index is 9.18. The fourth-order valence-electron chi connectivity index (χ4n) is 5.68. The van der Waals surface area contributed by atoms with Crippen molar-refractivity contribution >= 4 is 11.0 Å². The number of fused-ring (bicyclic) bond motifs is 2. The summed E-state index contributed by atoms with van der Waals surface area (Å²) in [4.78, 5) is 7.40. The minimum atomic E-state index is 0.153. The van der Waals surface area contributed by atoms with Gasteiger partial charge in [-0.2, -0.15) is 5.26 Å². The van der Waals surface area contributed by atoms with Crippen LogP contribution in [0.3, 0.4) is 0 Å². The van der Waals surface area contributed by atoms with E-state index in [4.69, 9.17) is 9.72 Å². The Bertz CT molecular complexity index is 1160. The van der Waals surface area contributed by atoms with E-state index in [1.165, 1.54) is 22.2 Å². The van der Waals surface area contributed by atoms with Crippen LogP contribution in [-0.4, -0.2) is 47.3 Å². The molecule has 3 aromatic rings. The van der Waals surface area contributed by atoms with Gasteiger partial charge in [-0.3, -0.25) is 0 Å². The van der Waals surface area contributed by atoms with Gasteiger partial charge >= 0.3 is 0 Å². The lowest BCUT2D eigenvalue weighted by atomic mass is 9.98. The van der Waals surface area contributed by atoms with Gasteiger partial charge in [0.25, 0.3) is 0 Å². The zero-order valence-electron chi connectivity index (χ0n) is 18.6. The van der Waals surface area contributed by atoms with E-state index in [0.29, 0.717) is 12.0 Å². The van der Waals surface area contributed by atoms with Crippen molar-refractivity contribution in [1.29, 1.82) is 5.26 Å². The molecule has 0 saturated carbocycles. The van der Waals surface area contributed by atoms with Gasteiger partial charge in [-0.25, -0.2) is 4.98 Å². The number of nitriles is 1. The Morgan fingerprint density at radius 3 is 2.77 bits per heavy atom. The van der Waals surface area contributed by atoms with E-state index >= 15 is 0 Å². The Morgan fingerprint density at radius 2 is 1.97 bits per heavy atom. The molecule has 2 heterocycles. The Labute approximate surface area is 184 Å². The molecule has 1 aromatic heterocycles. The van der Waals surface area contributed by atoms with E-state index in [-0.39, 0.29) is 6.10 Å². The predicted octanol–water partition coefficient (Wildman–Crippen LogP) is 4.20.